The summed E-state index contributed by atoms with van der Waals surface area (Å²) in [7, 11) is 0. The third-order valence-electron chi connectivity index (χ3n) is 4.10. The molecule has 0 unspecified atom stereocenters. The predicted molar refractivity (Wildman–Crippen MR) is 139 cm³/mol. The highest BCUT2D eigenvalue weighted by molar-refractivity contribution is 5.79. The lowest BCUT2D eigenvalue weighted by molar-refractivity contribution is -0.0979. The fraction of sp³-hybridized carbons (Fsp3) is 0.250. The second-order valence-corrected chi connectivity index (χ2v) is 6.47. The molecular weight excluding hydrogens is 394 g/mol. The first kappa shape index (κ1) is 28.5. The number of nitrogens with one attached hydrogen (secondary N) is 1. The van der Waals surface area contributed by atoms with Gasteiger partial charge in [-0.3, -0.25) is 4.98 Å². The van der Waals surface area contributed by atoms with Crippen molar-refractivity contribution in [2.75, 3.05) is 0 Å². The Balaban J connectivity index is 0.00000148. The fourth-order valence-corrected chi connectivity index (χ4v) is 2.67. The molecule has 4 heteroatoms. The van der Waals surface area contributed by atoms with Crippen LogP contribution < -0.4 is 0 Å². The zero-order chi connectivity index (χ0) is 24.5. The van der Waals surface area contributed by atoms with Crippen LogP contribution >= 0.6 is 0 Å². The van der Waals surface area contributed by atoms with E-state index in [1.807, 2.05) is 65.7 Å². The van der Waals surface area contributed by atoms with Crippen molar-refractivity contribution in [3.05, 3.63) is 90.4 Å². The number of rotatable bonds is 5. The number of H-pyrrole nitrogens is 1. The number of aromatic nitrogens is 3. The summed E-state index contributed by atoms with van der Waals surface area (Å²) in [6.07, 6.45) is 9.66. The number of carbonyl (C=O) groups excluding carboxylic acids is 1. The molecule has 3 rings (SSSR count). The number of pyridine rings is 1. The first-order valence-electron chi connectivity index (χ1n) is 10.9. The minimum absolute atomic E-state index is 0.864. The summed E-state index contributed by atoms with van der Waals surface area (Å²) in [5.74, 6) is 0.864. The molecule has 170 valence electrons. The van der Waals surface area contributed by atoms with Gasteiger partial charge in [-0.2, -0.15) is 0 Å². The van der Waals surface area contributed by atoms with Crippen molar-refractivity contribution in [1.29, 1.82) is 0 Å². The van der Waals surface area contributed by atoms with Crippen LogP contribution in [0.5, 0.6) is 0 Å². The van der Waals surface area contributed by atoms with Gasteiger partial charge >= 0.3 is 0 Å². The molecule has 0 bridgehead atoms. The van der Waals surface area contributed by atoms with Gasteiger partial charge in [-0.15, -0.1) is 0 Å². The van der Waals surface area contributed by atoms with Crippen LogP contribution in [-0.4, -0.2) is 21.7 Å². The molecule has 32 heavy (non-hydrogen) atoms. The standard InChI is InChI=1S/C23H23N3.2C2H6.CH2O/c1-16(2)6-5-7-18(4)21-22(19-12-14-24-15-13-19)26-23(25-21)20-10-8-17(3)9-11-20;3*1-2/h5-15H,1H2,2-4H3,(H,25,26);2*1-2H3;1H2/b6-5-,18-7+;;;. The van der Waals surface area contributed by atoms with Crippen molar-refractivity contribution in [1.82, 2.24) is 15.0 Å². The van der Waals surface area contributed by atoms with E-state index < -0.39 is 0 Å². The SMILES string of the molecule is C=C(C)/C=C\C=C(/C)c1nc(-c2ccc(C)cc2)[nH]c1-c1ccncc1.C=O.CC.CC. The van der Waals surface area contributed by atoms with E-state index in [2.05, 4.69) is 60.7 Å². The average Bonchev–Trinajstić information content (AvgIpc) is 3.29. The van der Waals surface area contributed by atoms with Crippen LogP contribution in [0.4, 0.5) is 0 Å². The normalized spacial score (nSPS) is 10.2. The number of aryl methyl sites for hydroxylation is 1. The lowest BCUT2D eigenvalue weighted by Crippen LogP contribution is -1.86. The van der Waals surface area contributed by atoms with Crippen LogP contribution in [0, 0.1) is 6.92 Å². The Kier molecular flexibility index (Phi) is 14.4. The number of nitrogens with zero attached hydrogens (tertiary/aromatic N) is 2. The van der Waals surface area contributed by atoms with E-state index >= 15 is 0 Å². The van der Waals surface area contributed by atoms with Gasteiger partial charge in [-0.1, -0.05) is 87.9 Å². The van der Waals surface area contributed by atoms with E-state index in [1.165, 1.54) is 5.56 Å². The first-order valence-corrected chi connectivity index (χ1v) is 10.9. The maximum absolute atomic E-state index is 8.00. The Morgan fingerprint density at radius 3 is 2.00 bits per heavy atom. The van der Waals surface area contributed by atoms with Gasteiger partial charge in [0, 0.05) is 23.5 Å². The van der Waals surface area contributed by atoms with E-state index in [1.54, 1.807) is 12.4 Å². The molecule has 0 saturated carbocycles. The Morgan fingerprint density at radius 2 is 1.47 bits per heavy atom. The first-order chi connectivity index (χ1) is 15.5. The summed E-state index contributed by atoms with van der Waals surface area (Å²) in [4.78, 5) is 20.5. The van der Waals surface area contributed by atoms with Crippen LogP contribution in [-0.2, 0) is 4.79 Å². The number of hydrogen-bond acceptors (Lipinski definition) is 3. The van der Waals surface area contributed by atoms with E-state index in [-0.39, 0.29) is 0 Å². The van der Waals surface area contributed by atoms with Gasteiger partial charge in [0.2, 0.25) is 0 Å². The molecule has 0 aliphatic heterocycles. The molecule has 1 aromatic carbocycles. The third-order valence-corrected chi connectivity index (χ3v) is 4.10. The van der Waals surface area contributed by atoms with Crippen molar-refractivity contribution in [3.63, 3.8) is 0 Å². The molecular formula is C28H37N3O. The fourth-order valence-electron chi connectivity index (χ4n) is 2.67. The van der Waals surface area contributed by atoms with E-state index in [0.717, 1.165) is 39.5 Å². The molecule has 0 spiro atoms. The molecule has 0 radical (unpaired) electrons. The molecule has 2 aromatic heterocycles. The Bertz CT molecular complexity index is 981. The smallest absolute Gasteiger partial charge is 0.138 e. The molecule has 0 amide bonds. The number of allylic oxidation sites excluding steroid dienone is 5. The number of hydrogen-bond donors (Lipinski definition) is 1. The molecule has 0 saturated heterocycles. The molecule has 2 heterocycles. The van der Waals surface area contributed by atoms with Crippen molar-refractivity contribution < 1.29 is 4.79 Å². The lowest BCUT2D eigenvalue weighted by Gasteiger charge is -2.02. The van der Waals surface area contributed by atoms with E-state index in [0.29, 0.717) is 0 Å². The van der Waals surface area contributed by atoms with Crippen molar-refractivity contribution in [2.45, 2.75) is 48.5 Å². The van der Waals surface area contributed by atoms with Crippen LogP contribution in [0.15, 0.2) is 79.2 Å². The van der Waals surface area contributed by atoms with Crippen molar-refractivity contribution >= 4 is 12.4 Å². The van der Waals surface area contributed by atoms with Gasteiger partial charge in [0.15, 0.2) is 0 Å². The average molecular weight is 432 g/mol. The van der Waals surface area contributed by atoms with Crippen LogP contribution in [0.2, 0.25) is 0 Å². The highest BCUT2D eigenvalue weighted by atomic mass is 16.1. The quantitative estimate of drug-likeness (QED) is 0.418. The van der Waals surface area contributed by atoms with Gasteiger partial charge in [-0.05, 0) is 38.5 Å². The van der Waals surface area contributed by atoms with Crippen LogP contribution in [0.3, 0.4) is 0 Å². The maximum atomic E-state index is 8.00. The van der Waals surface area contributed by atoms with E-state index in [9.17, 15) is 0 Å². The summed E-state index contributed by atoms with van der Waals surface area (Å²) >= 11 is 0. The molecule has 4 nitrogen and oxygen atoms in total. The van der Waals surface area contributed by atoms with Gasteiger partial charge in [0.1, 0.15) is 12.6 Å². The van der Waals surface area contributed by atoms with E-state index in [4.69, 9.17) is 9.78 Å². The number of carbonyl (C=O) groups is 1. The summed E-state index contributed by atoms with van der Waals surface area (Å²) in [5, 5.41) is 0. The largest absolute Gasteiger partial charge is 0.337 e. The summed E-state index contributed by atoms with van der Waals surface area (Å²) in [6, 6.07) is 12.4. The Morgan fingerprint density at radius 1 is 0.906 bits per heavy atom. The zero-order valence-electron chi connectivity index (χ0n) is 20.6. The molecule has 0 atom stereocenters. The molecule has 1 N–H and O–H groups in total. The molecule has 0 fully saturated rings. The highest BCUT2D eigenvalue weighted by Crippen LogP contribution is 2.30. The monoisotopic (exact) mass is 431 g/mol. The Labute approximate surface area is 193 Å². The van der Waals surface area contributed by atoms with Gasteiger partial charge in [-0.25, -0.2) is 4.98 Å². The van der Waals surface area contributed by atoms with Gasteiger partial charge in [0.25, 0.3) is 0 Å². The maximum Gasteiger partial charge on any atom is 0.138 e. The number of benzene rings is 1. The van der Waals surface area contributed by atoms with Crippen LogP contribution in [0.1, 0.15) is 52.8 Å². The highest BCUT2D eigenvalue weighted by Gasteiger charge is 2.14. The molecule has 3 aromatic rings. The van der Waals surface area contributed by atoms with Crippen molar-refractivity contribution in [3.8, 4) is 22.6 Å². The van der Waals surface area contributed by atoms with Crippen LogP contribution in [0.25, 0.3) is 28.2 Å². The minimum Gasteiger partial charge on any atom is -0.337 e. The third kappa shape index (κ3) is 8.68. The molecule has 0 aliphatic carbocycles. The summed E-state index contributed by atoms with van der Waals surface area (Å²) in [6.45, 7) is 20.0. The topological polar surface area (TPSA) is 58.6 Å². The minimum atomic E-state index is 0.864. The zero-order valence-corrected chi connectivity index (χ0v) is 20.6. The predicted octanol–water partition coefficient (Wildman–Crippen LogP) is 7.85. The summed E-state index contributed by atoms with van der Waals surface area (Å²) < 4.78 is 0. The number of imidazole rings is 1. The second kappa shape index (κ2) is 16.2. The van der Waals surface area contributed by atoms with Gasteiger partial charge in [0.05, 0.1) is 11.4 Å². The summed E-state index contributed by atoms with van der Waals surface area (Å²) in [5.41, 5.74) is 7.42. The second-order valence-electron chi connectivity index (χ2n) is 6.47. The Hall–Kier alpha value is -3.53. The lowest BCUT2D eigenvalue weighted by atomic mass is 10.1. The van der Waals surface area contributed by atoms with Gasteiger partial charge < -0.3 is 9.78 Å². The van der Waals surface area contributed by atoms with Crippen molar-refractivity contribution in [2.24, 2.45) is 0 Å². The molecule has 0 aliphatic rings. The number of aromatic amines is 1.